The van der Waals surface area contributed by atoms with Crippen LogP contribution in [0.2, 0.25) is 0 Å². The standard InChI is InChI=1S/C14H20N4/c1-10-4-5-12(17(10)3)9-18-11(2)16-13-8-15-7-6-14(13)18/h6-8,10,12H,4-5,9H2,1-3H3. The number of hydrogen-bond donors (Lipinski definition) is 0. The molecule has 0 aliphatic carbocycles. The van der Waals surface area contributed by atoms with Crippen LogP contribution in [0.25, 0.3) is 11.0 Å². The lowest BCUT2D eigenvalue weighted by molar-refractivity contribution is 0.234. The highest BCUT2D eigenvalue weighted by molar-refractivity contribution is 5.74. The van der Waals surface area contributed by atoms with E-state index in [1.54, 1.807) is 0 Å². The van der Waals surface area contributed by atoms with Crippen molar-refractivity contribution in [1.29, 1.82) is 0 Å². The van der Waals surface area contributed by atoms with Crippen molar-refractivity contribution >= 4 is 11.0 Å². The molecule has 4 heteroatoms. The van der Waals surface area contributed by atoms with Crippen LogP contribution < -0.4 is 0 Å². The Kier molecular flexibility index (Phi) is 2.82. The minimum absolute atomic E-state index is 0.629. The Labute approximate surface area is 108 Å². The molecule has 2 aromatic rings. The monoisotopic (exact) mass is 244 g/mol. The quantitative estimate of drug-likeness (QED) is 0.812. The molecule has 0 aromatic carbocycles. The first-order valence-corrected chi connectivity index (χ1v) is 6.65. The SMILES string of the molecule is Cc1nc2cnccc2n1CC1CCC(C)N1C. The highest BCUT2D eigenvalue weighted by Crippen LogP contribution is 2.25. The second-order valence-corrected chi connectivity index (χ2v) is 5.38. The van der Waals surface area contributed by atoms with E-state index in [0.29, 0.717) is 12.1 Å². The molecule has 1 aliphatic heterocycles. The first-order chi connectivity index (χ1) is 8.66. The summed E-state index contributed by atoms with van der Waals surface area (Å²) in [4.78, 5) is 11.2. The third-order valence-corrected chi connectivity index (χ3v) is 4.32. The van der Waals surface area contributed by atoms with Gasteiger partial charge in [-0.2, -0.15) is 0 Å². The first kappa shape index (κ1) is 11.7. The number of hydrogen-bond acceptors (Lipinski definition) is 3. The lowest BCUT2D eigenvalue weighted by Gasteiger charge is -2.24. The molecule has 0 bridgehead atoms. The predicted octanol–water partition coefficient (Wildman–Crippen LogP) is 2.22. The van der Waals surface area contributed by atoms with Crippen molar-refractivity contribution in [2.45, 2.75) is 45.3 Å². The number of aryl methyl sites for hydroxylation is 1. The fourth-order valence-corrected chi connectivity index (χ4v) is 2.96. The van der Waals surface area contributed by atoms with Gasteiger partial charge < -0.3 is 4.57 Å². The molecule has 0 amide bonds. The van der Waals surface area contributed by atoms with Gasteiger partial charge >= 0.3 is 0 Å². The van der Waals surface area contributed by atoms with E-state index in [2.05, 4.69) is 46.4 Å². The summed E-state index contributed by atoms with van der Waals surface area (Å²) in [5.41, 5.74) is 2.21. The number of aromatic nitrogens is 3. The van der Waals surface area contributed by atoms with E-state index in [9.17, 15) is 0 Å². The molecule has 1 saturated heterocycles. The third kappa shape index (κ3) is 1.81. The van der Waals surface area contributed by atoms with Gasteiger partial charge in [0, 0.05) is 24.8 Å². The van der Waals surface area contributed by atoms with Gasteiger partial charge in [-0.1, -0.05) is 0 Å². The van der Waals surface area contributed by atoms with Crippen LogP contribution in [-0.4, -0.2) is 38.6 Å². The van der Waals surface area contributed by atoms with Crippen molar-refractivity contribution < 1.29 is 0 Å². The number of rotatable bonds is 2. The topological polar surface area (TPSA) is 34.0 Å². The van der Waals surface area contributed by atoms with Crippen LogP contribution >= 0.6 is 0 Å². The lowest BCUT2D eigenvalue weighted by Crippen LogP contribution is -2.33. The molecule has 1 aliphatic rings. The molecule has 3 rings (SSSR count). The molecule has 0 N–H and O–H groups in total. The Balaban J connectivity index is 1.93. The Morgan fingerprint density at radius 3 is 2.94 bits per heavy atom. The molecule has 96 valence electrons. The number of likely N-dealkylation sites (tertiary alicyclic amines) is 1. The number of imidazole rings is 1. The zero-order valence-electron chi connectivity index (χ0n) is 11.3. The summed E-state index contributed by atoms with van der Waals surface area (Å²) in [6.07, 6.45) is 6.27. The maximum atomic E-state index is 4.58. The smallest absolute Gasteiger partial charge is 0.107 e. The van der Waals surface area contributed by atoms with Gasteiger partial charge in [0.1, 0.15) is 11.3 Å². The van der Waals surface area contributed by atoms with E-state index in [4.69, 9.17) is 0 Å². The van der Waals surface area contributed by atoms with Crippen molar-refractivity contribution in [2.24, 2.45) is 0 Å². The molecule has 0 spiro atoms. The first-order valence-electron chi connectivity index (χ1n) is 6.65. The van der Waals surface area contributed by atoms with Crippen LogP contribution in [0.4, 0.5) is 0 Å². The fourth-order valence-electron chi connectivity index (χ4n) is 2.96. The summed E-state index contributed by atoms with van der Waals surface area (Å²) < 4.78 is 2.33. The Morgan fingerprint density at radius 2 is 2.22 bits per heavy atom. The molecular formula is C14H20N4. The number of pyridine rings is 1. The second-order valence-electron chi connectivity index (χ2n) is 5.38. The second kappa shape index (κ2) is 4.35. The van der Waals surface area contributed by atoms with Gasteiger partial charge in [-0.25, -0.2) is 4.98 Å². The van der Waals surface area contributed by atoms with E-state index >= 15 is 0 Å². The van der Waals surface area contributed by atoms with Gasteiger partial charge in [-0.15, -0.1) is 0 Å². The van der Waals surface area contributed by atoms with E-state index in [1.165, 1.54) is 18.4 Å². The number of nitrogens with zero attached hydrogens (tertiary/aromatic N) is 4. The van der Waals surface area contributed by atoms with Crippen molar-refractivity contribution in [3.63, 3.8) is 0 Å². The Hall–Kier alpha value is -1.42. The van der Waals surface area contributed by atoms with E-state index in [0.717, 1.165) is 17.9 Å². The summed E-state index contributed by atoms with van der Waals surface area (Å²) in [5, 5.41) is 0. The maximum absolute atomic E-state index is 4.58. The summed E-state index contributed by atoms with van der Waals surface area (Å²) in [6, 6.07) is 3.39. The zero-order valence-corrected chi connectivity index (χ0v) is 11.3. The average Bonchev–Trinajstić information content (AvgIpc) is 2.85. The van der Waals surface area contributed by atoms with E-state index in [1.807, 2.05) is 12.4 Å². The van der Waals surface area contributed by atoms with Crippen molar-refractivity contribution in [3.05, 3.63) is 24.3 Å². The highest BCUT2D eigenvalue weighted by atomic mass is 15.2. The molecule has 18 heavy (non-hydrogen) atoms. The molecular weight excluding hydrogens is 224 g/mol. The van der Waals surface area contributed by atoms with Crippen LogP contribution in [0.5, 0.6) is 0 Å². The van der Waals surface area contributed by atoms with Gasteiger partial charge in [0.05, 0.1) is 11.7 Å². The number of likely N-dealkylation sites (N-methyl/N-ethyl adjacent to an activating group) is 1. The molecule has 0 radical (unpaired) electrons. The van der Waals surface area contributed by atoms with Crippen LogP contribution in [-0.2, 0) is 6.54 Å². The normalized spacial score (nSPS) is 25.1. The Morgan fingerprint density at radius 1 is 1.39 bits per heavy atom. The average molecular weight is 244 g/mol. The molecule has 0 saturated carbocycles. The lowest BCUT2D eigenvalue weighted by atomic mass is 10.2. The Bertz CT molecular complexity index is 560. The van der Waals surface area contributed by atoms with Gasteiger partial charge in [-0.3, -0.25) is 9.88 Å². The highest BCUT2D eigenvalue weighted by Gasteiger charge is 2.28. The summed E-state index contributed by atoms with van der Waals surface area (Å²) in [5.74, 6) is 1.09. The molecule has 3 heterocycles. The number of fused-ring (bicyclic) bond motifs is 1. The van der Waals surface area contributed by atoms with Crippen molar-refractivity contribution in [1.82, 2.24) is 19.4 Å². The largest absolute Gasteiger partial charge is 0.327 e. The zero-order chi connectivity index (χ0) is 12.7. The molecule has 2 aromatic heterocycles. The molecule has 2 atom stereocenters. The predicted molar refractivity (Wildman–Crippen MR) is 72.5 cm³/mol. The van der Waals surface area contributed by atoms with Gasteiger partial charge in [-0.05, 0) is 39.8 Å². The van der Waals surface area contributed by atoms with Gasteiger partial charge in [0.25, 0.3) is 0 Å². The minimum Gasteiger partial charge on any atom is -0.327 e. The summed E-state index contributed by atoms with van der Waals surface area (Å²) in [6.45, 7) is 5.42. The van der Waals surface area contributed by atoms with Crippen LogP contribution in [0.1, 0.15) is 25.6 Å². The van der Waals surface area contributed by atoms with Crippen LogP contribution in [0.15, 0.2) is 18.5 Å². The van der Waals surface area contributed by atoms with Crippen molar-refractivity contribution in [2.75, 3.05) is 7.05 Å². The summed E-state index contributed by atoms with van der Waals surface area (Å²) in [7, 11) is 2.23. The van der Waals surface area contributed by atoms with Crippen molar-refractivity contribution in [3.8, 4) is 0 Å². The van der Waals surface area contributed by atoms with Gasteiger partial charge in [0.2, 0.25) is 0 Å². The molecule has 4 nitrogen and oxygen atoms in total. The third-order valence-electron chi connectivity index (χ3n) is 4.32. The maximum Gasteiger partial charge on any atom is 0.107 e. The van der Waals surface area contributed by atoms with E-state index < -0.39 is 0 Å². The molecule has 2 unspecified atom stereocenters. The summed E-state index contributed by atoms with van der Waals surface area (Å²) >= 11 is 0. The molecule has 1 fully saturated rings. The van der Waals surface area contributed by atoms with Crippen LogP contribution in [0.3, 0.4) is 0 Å². The van der Waals surface area contributed by atoms with Crippen LogP contribution in [0, 0.1) is 6.92 Å². The minimum atomic E-state index is 0.629. The van der Waals surface area contributed by atoms with E-state index in [-0.39, 0.29) is 0 Å². The fraction of sp³-hybridized carbons (Fsp3) is 0.571. The van der Waals surface area contributed by atoms with Gasteiger partial charge in [0.15, 0.2) is 0 Å².